The third-order valence-electron chi connectivity index (χ3n) is 4.10. The van der Waals surface area contributed by atoms with E-state index in [0.717, 1.165) is 11.3 Å². The molecular formula is C19H17F3N6O5. The number of halogens is 3. The minimum Gasteiger partial charge on any atom is -0.497 e. The van der Waals surface area contributed by atoms with E-state index in [1.807, 2.05) is 24.3 Å². The monoisotopic (exact) mass is 466 g/mol. The summed E-state index contributed by atoms with van der Waals surface area (Å²) in [6.45, 7) is 1.75. The lowest BCUT2D eigenvalue weighted by atomic mass is 10.1. The van der Waals surface area contributed by atoms with Crippen LogP contribution in [-0.4, -0.2) is 54.1 Å². The number of benzene rings is 1. The van der Waals surface area contributed by atoms with E-state index in [9.17, 15) is 18.0 Å². The van der Waals surface area contributed by atoms with E-state index in [1.54, 1.807) is 14.0 Å². The first-order chi connectivity index (χ1) is 15.5. The van der Waals surface area contributed by atoms with E-state index in [-0.39, 0.29) is 12.0 Å². The van der Waals surface area contributed by atoms with Crippen LogP contribution in [0.3, 0.4) is 0 Å². The van der Waals surface area contributed by atoms with Crippen LogP contribution in [0, 0.1) is 6.92 Å². The lowest BCUT2D eigenvalue weighted by Crippen LogP contribution is -2.21. The van der Waals surface area contributed by atoms with Gasteiger partial charge in [-0.25, -0.2) is 9.78 Å². The second-order valence-corrected chi connectivity index (χ2v) is 6.65. The van der Waals surface area contributed by atoms with Gasteiger partial charge in [0.05, 0.1) is 13.5 Å². The van der Waals surface area contributed by atoms with Crippen molar-refractivity contribution in [2.75, 3.05) is 7.11 Å². The number of ether oxygens (including phenoxy) is 1. The molecule has 174 valence electrons. The van der Waals surface area contributed by atoms with Gasteiger partial charge in [0, 0.05) is 18.2 Å². The topological polar surface area (TPSA) is 148 Å². The summed E-state index contributed by atoms with van der Waals surface area (Å²) >= 11 is 0. The molecule has 0 spiro atoms. The first kappa shape index (κ1) is 23.4. The third-order valence-corrected chi connectivity index (χ3v) is 4.10. The fraction of sp³-hybridized carbons (Fsp3) is 0.263. The number of carboxylic acids is 1. The number of aromatic nitrogens is 6. The quantitative estimate of drug-likeness (QED) is 0.450. The van der Waals surface area contributed by atoms with Crippen molar-refractivity contribution in [1.29, 1.82) is 0 Å². The van der Waals surface area contributed by atoms with Crippen molar-refractivity contribution in [2.45, 2.75) is 25.9 Å². The number of carbonyl (C=O) groups is 1. The Morgan fingerprint density at radius 1 is 1.18 bits per heavy atom. The van der Waals surface area contributed by atoms with E-state index in [0.29, 0.717) is 35.4 Å². The molecule has 2 N–H and O–H groups in total. The Morgan fingerprint density at radius 2 is 1.85 bits per heavy atom. The maximum atomic E-state index is 11.9. The largest absolute Gasteiger partial charge is 0.497 e. The molecular weight excluding hydrogens is 449 g/mol. The molecule has 0 aliphatic heterocycles. The maximum Gasteiger partial charge on any atom is 0.490 e. The van der Waals surface area contributed by atoms with Crippen LogP contribution in [0.5, 0.6) is 5.75 Å². The predicted molar refractivity (Wildman–Crippen MR) is 105 cm³/mol. The number of fused-ring (bicyclic) bond motifs is 1. The van der Waals surface area contributed by atoms with E-state index in [1.165, 1.54) is 10.6 Å². The summed E-state index contributed by atoms with van der Waals surface area (Å²) in [6, 6.07) is 9.12. The second-order valence-electron chi connectivity index (χ2n) is 6.65. The number of nitrogens with zero attached hydrogens (tertiary/aromatic N) is 5. The molecule has 0 saturated carbocycles. The number of carboxylic acid groups (broad SMARTS) is 1. The average molecular weight is 466 g/mol. The molecule has 0 fully saturated rings. The SMILES string of the molecule is COc1ccc(Cc2noc(Cc3nc4nc(C)cc(=O)n4[nH]3)n2)cc1.O=C(O)C(F)(F)F. The van der Waals surface area contributed by atoms with Gasteiger partial charge < -0.3 is 14.4 Å². The number of methoxy groups -OCH3 is 1. The van der Waals surface area contributed by atoms with E-state index in [2.05, 4.69) is 25.2 Å². The average Bonchev–Trinajstić information content (AvgIpc) is 3.35. The number of aliphatic carboxylic acids is 1. The summed E-state index contributed by atoms with van der Waals surface area (Å²) in [6.07, 6.45) is -4.24. The van der Waals surface area contributed by atoms with Gasteiger partial charge in [0.15, 0.2) is 5.82 Å². The van der Waals surface area contributed by atoms with Crippen LogP contribution in [0.15, 0.2) is 39.6 Å². The van der Waals surface area contributed by atoms with Gasteiger partial charge in [-0.2, -0.15) is 27.7 Å². The number of rotatable bonds is 5. The first-order valence-corrected chi connectivity index (χ1v) is 9.25. The molecule has 0 amide bonds. The van der Waals surface area contributed by atoms with Crippen molar-refractivity contribution >= 4 is 11.7 Å². The minimum atomic E-state index is -5.08. The van der Waals surface area contributed by atoms with E-state index < -0.39 is 12.1 Å². The van der Waals surface area contributed by atoms with Gasteiger partial charge in [0.2, 0.25) is 5.89 Å². The summed E-state index contributed by atoms with van der Waals surface area (Å²) in [5.41, 5.74) is 1.46. The van der Waals surface area contributed by atoms with Crippen LogP contribution in [-0.2, 0) is 17.6 Å². The Kier molecular flexibility index (Phi) is 6.75. The Morgan fingerprint density at radius 3 is 2.45 bits per heavy atom. The van der Waals surface area contributed by atoms with Crippen molar-refractivity contribution in [3.8, 4) is 5.75 Å². The van der Waals surface area contributed by atoms with E-state index >= 15 is 0 Å². The summed E-state index contributed by atoms with van der Waals surface area (Å²) in [7, 11) is 1.63. The molecule has 0 bridgehead atoms. The van der Waals surface area contributed by atoms with Crippen LogP contribution >= 0.6 is 0 Å². The number of hydrogen-bond acceptors (Lipinski definition) is 8. The van der Waals surface area contributed by atoms with Crippen LogP contribution in [0.2, 0.25) is 0 Å². The number of aromatic amines is 1. The maximum absolute atomic E-state index is 11.9. The van der Waals surface area contributed by atoms with Gasteiger partial charge >= 0.3 is 12.1 Å². The third kappa shape index (κ3) is 6.15. The molecule has 4 aromatic rings. The molecule has 0 radical (unpaired) electrons. The molecule has 0 atom stereocenters. The van der Waals surface area contributed by atoms with Crippen LogP contribution in [0.25, 0.3) is 5.78 Å². The summed E-state index contributed by atoms with van der Waals surface area (Å²) in [5, 5.41) is 14.0. The van der Waals surface area contributed by atoms with Crippen LogP contribution < -0.4 is 10.3 Å². The van der Waals surface area contributed by atoms with E-state index in [4.69, 9.17) is 19.2 Å². The zero-order chi connectivity index (χ0) is 24.2. The molecule has 33 heavy (non-hydrogen) atoms. The zero-order valence-electron chi connectivity index (χ0n) is 17.3. The standard InChI is InChI=1S/C17H16N6O3.C2HF3O2/c1-10-7-16(24)23-17(18-10)20-13(21-23)9-15-19-14(22-26-15)8-11-3-5-12(25-2)6-4-11;3-2(4,5)1(6)7/h3-7H,8-9H2,1-2H3,(H,18,20,21);(H,6,7). The smallest absolute Gasteiger partial charge is 0.490 e. The van der Waals surface area contributed by atoms with Crippen LogP contribution in [0.4, 0.5) is 13.2 Å². The van der Waals surface area contributed by atoms with Crippen molar-refractivity contribution < 1.29 is 32.3 Å². The molecule has 0 aliphatic rings. The normalized spacial score (nSPS) is 11.2. The Labute approximate surface area is 182 Å². The van der Waals surface area contributed by atoms with Gasteiger partial charge in [0.1, 0.15) is 11.6 Å². The van der Waals surface area contributed by atoms with Gasteiger partial charge in [-0.1, -0.05) is 17.3 Å². The molecule has 0 unspecified atom stereocenters. The molecule has 3 heterocycles. The lowest BCUT2D eigenvalue weighted by Gasteiger charge is -2.00. The Bertz CT molecular complexity index is 1310. The number of aryl methyl sites for hydroxylation is 1. The molecule has 4 rings (SSSR count). The molecule has 3 aromatic heterocycles. The van der Waals surface area contributed by atoms with Crippen LogP contribution in [0.1, 0.15) is 28.8 Å². The van der Waals surface area contributed by atoms with Gasteiger partial charge in [-0.15, -0.1) is 0 Å². The van der Waals surface area contributed by atoms with Gasteiger partial charge in [0.25, 0.3) is 11.3 Å². The summed E-state index contributed by atoms with van der Waals surface area (Å²) in [4.78, 5) is 33.7. The van der Waals surface area contributed by atoms with Crippen molar-refractivity contribution in [1.82, 2.24) is 29.7 Å². The molecule has 0 saturated heterocycles. The fourth-order valence-corrected chi connectivity index (χ4v) is 2.62. The minimum absolute atomic E-state index is 0.211. The van der Waals surface area contributed by atoms with Crippen molar-refractivity contribution in [2.24, 2.45) is 0 Å². The highest BCUT2D eigenvalue weighted by atomic mass is 19.4. The van der Waals surface area contributed by atoms with Gasteiger partial charge in [-0.3, -0.25) is 9.89 Å². The molecule has 1 aromatic carbocycles. The number of alkyl halides is 3. The lowest BCUT2D eigenvalue weighted by molar-refractivity contribution is -0.192. The van der Waals surface area contributed by atoms with Crippen molar-refractivity contribution in [3.63, 3.8) is 0 Å². The summed E-state index contributed by atoms with van der Waals surface area (Å²) < 4.78 is 43.4. The summed E-state index contributed by atoms with van der Waals surface area (Å²) in [5.74, 6) is -0.119. The Balaban J connectivity index is 0.000000383. The number of nitrogens with one attached hydrogen (secondary N) is 1. The fourth-order valence-electron chi connectivity index (χ4n) is 2.62. The highest BCUT2D eigenvalue weighted by Crippen LogP contribution is 2.14. The molecule has 0 aliphatic carbocycles. The highest BCUT2D eigenvalue weighted by Gasteiger charge is 2.38. The zero-order valence-corrected chi connectivity index (χ0v) is 17.3. The second kappa shape index (κ2) is 9.50. The molecule has 14 heteroatoms. The van der Waals surface area contributed by atoms with Gasteiger partial charge in [-0.05, 0) is 24.6 Å². The highest BCUT2D eigenvalue weighted by molar-refractivity contribution is 5.73. The molecule has 11 nitrogen and oxygen atoms in total. The van der Waals surface area contributed by atoms with Crippen molar-refractivity contribution in [3.05, 3.63) is 69.5 Å². The Hall–Kier alpha value is -4.23. The predicted octanol–water partition coefficient (Wildman–Crippen LogP) is 1.93. The first-order valence-electron chi connectivity index (χ1n) is 9.25. The number of hydrogen-bond donors (Lipinski definition) is 2. The number of H-pyrrole nitrogens is 1.